The van der Waals surface area contributed by atoms with Crippen molar-refractivity contribution in [2.24, 2.45) is 0 Å². The largest absolute Gasteiger partial charge is 0.383 e. The Morgan fingerprint density at radius 2 is 2.19 bits per heavy atom. The van der Waals surface area contributed by atoms with Crippen molar-refractivity contribution in [2.45, 2.75) is 19.5 Å². The Hall–Kier alpha value is -1.30. The highest BCUT2D eigenvalue weighted by Crippen LogP contribution is 2.33. The summed E-state index contributed by atoms with van der Waals surface area (Å²) in [7, 11) is 1.64. The van der Waals surface area contributed by atoms with Gasteiger partial charge in [-0.25, -0.2) is 4.39 Å². The molecule has 2 rings (SSSR count). The summed E-state index contributed by atoms with van der Waals surface area (Å²) in [6, 6.07) is 2.50. The van der Waals surface area contributed by atoms with E-state index in [-0.39, 0.29) is 11.1 Å². The Morgan fingerprint density at radius 1 is 1.43 bits per heavy atom. The molecule has 1 atom stereocenters. The smallest absolute Gasteiger partial charge is 0.142 e. The van der Waals surface area contributed by atoms with E-state index in [2.05, 4.69) is 10.4 Å². The molecular weight excluding hydrogens is 316 g/mol. The third-order valence-corrected chi connectivity index (χ3v) is 3.77. The van der Waals surface area contributed by atoms with Gasteiger partial charge in [0.15, 0.2) is 0 Å². The Morgan fingerprint density at radius 3 is 2.90 bits per heavy atom. The second-order valence-electron chi connectivity index (χ2n) is 4.61. The summed E-state index contributed by atoms with van der Waals surface area (Å²) < 4.78 is 20.3. The fourth-order valence-electron chi connectivity index (χ4n) is 2.01. The van der Waals surface area contributed by atoms with Crippen LogP contribution in [0.5, 0.6) is 0 Å². The molecule has 0 bridgehead atoms. The second-order valence-corrected chi connectivity index (χ2v) is 5.39. The fraction of sp³-hybridized carbons (Fsp3) is 0.357. The van der Waals surface area contributed by atoms with Gasteiger partial charge in [0.2, 0.25) is 0 Å². The standard InChI is InChI=1S/C14H16Cl2FN3O/c1-9(13-11(15)3-4-12(17)14(13)16)19-10-7-18-20(8-10)5-6-21-2/h3-4,7-9,19H,5-6H2,1-2H3. The molecule has 1 heterocycles. The Bertz CT molecular complexity index is 618. The number of nitrogens with zero attached hydrogens (tertiary/aromatic N) is 2. The van der Waals surface area contributed by atoms with Crippen LogP contribution in [0.4, 0.5) is 10.1 Å². The molecule has 4 nitrogen and oxygen atoms in total. The van der Waals surface area contributed by atoms with Crippen LogP contribution in [0.3, 0.4) is 0 Å². The van der Waals surface area contributed by atoms with E-state index in [1.807, 2.05) is 13.1 Å². The van der Waals surface area contributed by atoms with Crippen LogP contribution in [0.15, 0.2) is 24.5 Å². The van der Waals surface area contributed by atoms with Gasteiger partial charge >= 0.3 is 0 Å². The molecule has 114 valence electrons. The lowest BCUT2D eigenvalue weighted by atomic mass is 10.1. The zero-order valence-electron chi connectivity index (χ0n) is 11.7. The van der Waals surface area contributed by atoms with E-state index >= 15 is 0 Å². The molecule has 1 N–H and O–H groups in total. The van der Waals surface area contributed by atoms with Gasteiger partial charge in [-0.2, -0.15) is 5.10 Å². The highest BCUT2D eigenvalue weighted by molar-refractivity contribution is 6.36. The predicted octanol–water partition coefficient (Wildman–Crippen LogP) is 4.15. The van der Waals surface area contributed by atoms with E-state index in [1.165, 1.54) is 12.1 Å². The van der Waals surface area contributed by atoms with Crippen LogP contribution < -0.4 is 5.32 Å². The highest BCUT2D eigenvalue weighted by Gasteiger charge is 2.17. The van der Waals surface area contributed by atoms with E-state index < -0.39 is 5.82 Å². The maximum Gasteiger partial charge on any atom is 0.142 e. The quantitative estimate of drug-likeness (QED) is 0.808. The molecule has 0 aliphatic rings. The van der Waals surface area contributed by atoms with Crippen LogP contribution in [-0.2, 0) is 11.3 Å². The second kappa shape index (κ2) is 7.11. The van der Waals surface area contributed by atoms with Gasteiger partial charge in [0.05, 0.1) is 36.1 Å². The van der Waals surface area contributed by atoms with E-state index in [0.29, 0.717) is 23.7 Å². The van der Waals surface area contributed by atoms with Gasteiger partial charge in [-0.1, -0.05) is 23.2 Å². The number of nitrogens with one attached hydrogen (secondary N) is 1. The van der Waals surface area contributed by atoms with Crippen molar-refractivity contribution in [1.29, 1.82) is 0 Å². The lowest BCUT2D eigenvalue weighted by molar-refractivity contribution is 0.183. The molecule has 1 unspecified atom stereocenters. The number of methoxy groups -OCH3 is 1. The number of halogens is 3. The van der Waals surface area contributed by atoms with Crippen molar-refractivity contribution in [3.63, 3.8) is 0 Å². The first-order valence-electron chi connectivity index (χ1n) is 6.44. The number of hydrogen-bond acceptors (Lipinski definition) is 3. The Balaban J connectivity index is 2.13. The molecule has 0 fully saturated rings. The lowest BCUT2D eigenvalue weighted by Gasteiger charge is -2.17. The van der Waals surface area contributed by atoms with Crippen LogP contribution >= 0.6 is 23.2 Å². The van der Waals surface area contributed by atoms with Gasteiger partial charge in [-0.15, -0.1) is 0 Å². The number of ether oxygens (including phenoxy) is 1. The van der Waals surface area contributed by atoms with Gasteiger partial charge in [-0.3, -0.25) is 4.68 Å². The summed E-state index contributed by atoms with van der Waals surface area (Å²) in [4.78, 5) is 0. The number of hydrogen-bond donors (Lipinski definition) is 1. The first-order valence-corrected chi connectivity index (χ1v) is 7.20. The number of benzene rings is 1. The maximum atomic E-state index is 13.6. The average Bonchev–Trinajstić information content (AvgIpc) is 2.88. The molecule has 0 spiro atoms. The number of anilines is 1. The van der Waals surface area contributed by atoms with Crippen LogP contribution in [-0.4, -0.2) is 23.5 Å². The van der Waals surface area contributed by atoms with E-state index in [4.69, 9.17) is 27.9 Å². The minimum Gasteiger partial charge on any atom is -0.383 e. The molecule has 7 heteroatoms. The van der Waals surface area contributed by atoms with Crippen molar-refractivity contribution in [3.8, 4) is 0 Å². The molecule has 0 aliphatic heterocycles. The maximum absolute atomic E-state index is 13.6. The van der Waals surface area contributed by atoms with Gasteiger partial charge < -0.3 is 10.1 Å². The summed E-state index contributed by atoms with van der Waals surface area (Å²) in [5, 5.41) is 7.86. The van der Waals surface area contributed by atoms with Crippen molar-refractivity contribution in [1.82, 2.24) is 9.78 Å². The van der Waals surface area contributed by atoms with E-state index in [9.17, 15) is 4.39 Å². The Labute approximate surface area is 132 Å². The van der Waals surface area contributed by atoms with Gasteiger partial charge in [0, 0.05) is 23.9 Å². The van der Waals surface area contributed by atoms with Crippen LogP contribution in [0.1, 0.15) is 18.5 Å². The van der Waals surface area contributed by atoms with Crippen molar-refractivity contribution in [3.05, 3.63) is 46.0 Å². The van der Waals surface area contributed by atoms with Crippen molar-refractivity contribution in [2.75, 3.05) is 19.0 Å². The third-order valence-electron chi connectivity index (χ3n) is 3.05. The monoisotopic (exact) mass is 331 g/mol. The van der Waals surface area contributed by atoms with Crippen molar-refractivity contribution < 1.29 is 9.13 Å². The lowest BCUT2D eigenvalue weighted by Crippen LogP contribution is -2.08. The summed E-state index contributed by atoms with van der Waals surface area (Å²) in [5.74, 6) is -0.486. The molecule has 1 aromatic heterocycles. The molecule has 0 saturated carbocycles. The van der Waals surface area contributed by atoms with Crippen molar-refractivity contribution >= 4 is 28.9 Å². The number of rotatable bonds is 6. The highest BCUT2D eigenvalue weighted by atomic mass is 35.5. The van der Waals surface area contributed by atoms with Gasteiger partial charge in [-0.05, 0) is 19.1 Å². The molecule has 0 radical (unpaired) electrons. The van der Waals surface area contributed by atoms with Crippen LogP contribution in [0, 0.1) is 5.82 Å². The average molecular weight is 332 g/mol. The summed E-state index contributed by atoms with van der Waals surface area (Å²) in [5.41, 5.74) is 1.33. The topological polar surface area (TPSA) is 39.1 Å². The SMILES string of the molecule is COCCn1cc(NC(C)c2c(Cl)ccc(F)c2Cl)cn1. The molecule has 2 aromatic rings. The first kappa shape index (κ1) is 16.1. The van der Waals surface area contributed by atoms with Gasteiger partial charge in [0.1, 0.15) is 5.82 Å². The molecule has 0 saturated heterocycles. The molecule has 0 aliphatic carbocycles. The molecule has 21 heavy (non-hydrogen) atoms. The Kier molecular flexibility index (Phi) is 5.45. The van der Waals surface area contributed by atoms with E-state index in [0.717, 1.165) is 5.69 Å². The van der Waals surface area contributed by atoms with E-state index in [1.54, 1.807) is 18.0 Å². The predicted molar refractivity (Wildman–Crippen MR) is 82.6 cm³/mol. The summed E-state index contributed by atoms with van der Waals surface area (Å²) in [6.07, 6.45) is 3.53. The normalized spacial score (nSPS) is 12.4. The third kappa shape index (κ3) is 3.87. The minimum atomic E-state index is -0.486. The molecule has 0 amide bonds. The zero-order chi connectivity index (χ0) is 15.4. The zero-order valence-corrected chi connectivity index (χ0v) is 13.2. The summed E-state index contributed by atoms with van der Waals surface area (Å²) >= 11 is 12.1. The first-order chi connectivity index (χ1) is 10.0. The molecular formula is C14H16Cl2FN3O. The van der Waals surface area contributed by atoms with Crippen LogP contribution in [0.2, 0.25) is 10.0 Å². The van der Waals surface area contributed by atoms with Gasteiger partial charge in [0.25, 0.3) is 0 Å². The van der Waals surface area contributed by atoms with Crippen LogP contribution in [0.25, 0.3) is 0 Å². The minimum absolute atomic E-state index is 0.0364. The summed E-state index contributed by atoms with van der Waals surface area (Å²) in [6.45, 7) is 3.10. The fourth-order valence-corrected chi connectivity index (χ4v) is 2.71. The number of aromatic nitrogens is 2. The molecule has 1 aromatic carbocycles.